The quantitative estimate of drug-likeness (QED) is 0.854. The average Bonchev–Trinajstić information content (AvgIpc) is 2.36. The molecular weight excluding hydrogens is 274 g/mol. The van der Waals surface area contributed by atoms with E-state index >= 15 is 0 Å². The number of hydrogen-bond donors (Lipinski definition) is 2. The lowest BCUT2D eigenvalue weighted by atomic mass is 9.96. The van der Waals surface area contributed by atoms with Crippen LogP contribution in [0.4, 0.5) is 5.95 Å². The first-order valence-corrected chi connectivity index (χ1v) is 6.36. The molecule has 2 aromatic heterocycles. The summed E-state index contributed by atoms with van der Waals surface area (Å²) in [4.78, 5) is 38.7. The monoisotopic (exact) mass is 291 g/mol. The SMILES string of the molecule is COc1nc2c(=O)[nH]c(NC(=O)C(C)(C)C)nc2nc1C. The highest BCUT2D eigenvalue weighted by Gasteiger charge is 2.22. The molecule has 0 unspecified atom stereocenters. The molecule has 8 heteroatoms. The van der Waals surface area contributed by atoms with Crippen LogP contribution in [0.15, 0.2) is 4.79 Å². The molecule has 21 heavy (non-hydrogen) atoms. The van der Waals surface area contributed by atoms with Crippen molar-refractivity contribution < 1.29 is 9.53 Å². The Kier molecular flexibility index (Phi) is 3.63. The zero-order valence-electron chi connectivity index (χ0n) is 12.6. The largest absolute Gasteiger partial charge is 0.480 e. The molecule has 2 N–H and O–H groups in total. The van der Waals surface area contributed by atoms with E-state index in [1.807, 2.05) is 0 Å². The van der Waals surface area contributed by atoms with E-state index in [9.17, 15) is 9.59 Å². The Balaban J connectivity index is 2.51. The topological polar surface area (TPSA) is 110 Å². The van der Waals surface area contributed by atoms with Gasteiger partial charge in [0.2, 0.25) is 17.7 Å². The van der Waals surface area contributed by atoms with Crippen molar-refractivity contribution in [2.24, 2.45) is 5.41 Å². The molecule has 2 heterocycles. The number of fused-ring (bicyclic) bond motifs is 1. The zero-order chi connectivity index (χ0) is 15.8. The van der Waals surface area contributed by atoms with Crippen LogP contribution in [0.25, 0.3) is 11.2 Å². The van der Waals surface area contributed by atoms with Gasteiger partial charge in [-0.3, -0.25) is 19.9 Å². The number of H-pyrrole nitrogens is 1. The van der Waals surface area contributed by atoms with E-state index in [-0.39, 0.29) is 28.9 Å². The number of amides is 1. The van der Waals surface area contributed by atoms with Gasteiger partial charge in [-0.15, -0.1) is 0 Å². The number of aryl methyl sites for hydroxylation is 1. The molecule has 112 valence electrons. The average molecular weight is 291 g/mol. The summed E-state index contributed by atoms with van der Waals surface area (Å²) >= 11 is 0. The van der Waals surface area contributed by atoms with Gasteiger partial charge in [0.1, 0.15) is 5.69 Å². The van der Waals surface area contributed by atoms with Crippen molar-refractivity contribution in [1.29, 1.82) is 0 Å². The Labute approximate surface area is 121 Å². The summed E-state index contributed by atoms with van der Waals surface area (Å²) in [7, 11) is 1.45. The van der Waals surface area contributed by atoms with E-state index in [1.54, 1.807) is 27.7 Å². The molecule has 0 bridgehead atoms. The van der Waals surface area contributed by atoms with Crippen LogP contribution >= 0.6 is 0 Å². The summed E-state index contributed by atoms with van der Waals surface area (Å²) in [5, 5.41) is 2.56. The van der Waals surface area contributed by atoms with Crippen LogP contribution in [0, 0.1) is 12.3 Å². The second-order valence-corrected chi connectivity index (χ2v) is 5.61. The third-order valence-electron chi connectivity index (χ3n) is 2.78. The number of rotatable bonds is 2. The fraction of sp³-hybridized carbons (Fsp3) is 0.462. The summed E-state index contributed by atoms with van der Waals surface area (Å²) in [6.07, 6.45) is 0. The molecule has 0 saturated carbocycles. The maximum Gasteiger partial charge on any atom is 0.280 e. The highest BCUT2D eigenvalue weighted by molar-refractivity contribution is 5.93. The van der Waals surface area contributed by atoms with Crippen molar-refractivity contribution in [2.45, 2.75) is 27.7 Å². The van der Waals surface area contributed by atoms with E-state index in [0.29, 0.717) is 5.69 Å². The van der Waals surface area contributed by atoms with Gasteiger partial charge in [0, 0.05) is 5.41 Å². The molecule has 2 rings (SSSR count). The van der Waals surface area contributed by atoms with Crippen LogP contribution in [0.2, 0.25) is 0 Å². The smallest absolute Gasteiger partial charge is 0.280 e. The first kappa shape index (κ1) is 14.9. The Bertz CT molecular complexity index is 761. The summed E-state index contributed by atoms with van der Waals surface area (Å²) in [5.74, 6) is 0.0516. The van der Waals surface area contributed by atoms with Gasteiger partial charge in [-0.05, 0) is 6.92 Å². The number of nitrogens with one attached hydrogen (secondary N) is 2. The summed E-state index contributed by atoms with van der Waals surface area (Å²) < 4.78 is 5.02. The Morgan fingerprint density at radius 1 is 1.24 bits per heavy atom. The number of aromatic nitrogens is 4. The number of carbonyl (C=O) groups is 1. The summed E-state index contributed by atoms with van der Waals surface area (Å²) in [6.45, 7) is 6.98. The lowest BCUT2D eigenvalue weighted by Crippen LogP contribution is -2.29. The van der Waals surface area contributed by atoms with Crippen LogP contribution in [0.3, 0.4) is 0 Å². The van der Waals surface area contributed by atoms with Gasteiger partial charge < -0.3 is 4.74 Å². The molecule has 0 aromatic carbocycles. The predicted octanol–water partition coefficient (Wildman–Crippen LogP) is 1.01. The fourth-order valence-corrected chi connectivity index (χ4v) is 1.57. The molecule has 2 aromatic rings. The van der Waals surface area contributed by atoms with E-state index in [0.717, 1.165) is 0 Å². The number of anilines is 1. The number of nitrogens with zero attached hydrogens (tertiary/aromatic N) is 3. The molecule has 0 atom stereocenters. The van der Waals surface area contributed by atoms with Crippen molar-refractivity contribution in [1.82, 2.24) is 19.9 Å². The third kappa shape index (κ3) is 2.99. The molecule has 0 spiro atoms. The number of carbonyl (C=O) groups excluding carboxylic acids is 1. The van der Waals surface area contributed by atoms with Gasteiger partial charge in [-0.2, -0.15) is 4.98 Å². The first-order chi connectivity index (χ1) is 9.72. The Morgan fingerprint density at radius 2 is 1.90 bits per heavy atom. The molecule has 0 aliphatic carbocycles. The summed E-state index contributed by atoms with van der Waals surface area (Å²) in [6, 6.07) is 0. The minimum absolute atomic E-state index is 0.0475. The number of methoxy groups -OCH3 is 1. The van der Waals surface area contributed by atoms with Gasteiger partial charge in [0.15, 0.2) is 11.2 Å². The predicted molar refractivity (Wildman–Crippen MR) is 77.3 cm³/mol. The molecule has 0 fully saturated rings. The molecule has 0 saturated heterocycles. The minimum atomic E-state index is -0.602. The molecule has 0 radical (unpaired) electrons. The Hall–Kier alpha value is -2.51. The molecule has 0 aliphatic heterocycles. The number of aromatic amines is 1. The van der Waals surface area contributed by atoms with Gasteiger partial charge >= 0.3 is 0 Å². The fourth-order valence-electron chi connectivity index (χ4n) is 1.57. The molecule has 0 aliphatic rings. The maximum atomic E-state index is 12.0. The first-order valence-electron chi connectivity index (χ1n) is 6.36. The second-order valence-electron chi connectivity index (χ2n) is 5.61. The van der Waals surface area contributed by atoms with Crippen LogP contribution < -0.4 is 15.6 Å². The molecule has 1 amide bonds. The highest BCUT2D eigenvalue weighted by atomic mass is 16.5. The zero-order valence-corrected chi connectivity index (χ0v) is 12.6. The van der Waals surface area contributed by atoms with Crippen molar-refractivity contribution in [3.05, 3.63) is 16.0 Å². The normalized spacial score (nSPS) is 11.5. The number of hydrogen-bond acceptors (Lipinski definition) is 6. The maximum absolute atomic E-state index is 12.0. The van der Waals surface area contributed by atoms with E-state index in [2.05, 4.69) is 25.3 Å². The number of ether oxygens (including phenoxy) is 1. The van der Waals surface area contributed by atoms with Gasteiger partial charge in [0.25, 0.3) is 5.56 Å². The van der Waals surface area contributed by atoms with Gasteiger partial charge in [-0.25, -0.2) is 9.97 Å². The van der Waals surface area contributed by atoms with Crippen molar-refractivity contribution >= 4 is 23.0 Å². The second kappa shape index (κ2) is 5.12. The standard InChI is InChI=1S/C13H17N5O3/c1-6-10(21-5)15-7-8(14-6)16-12(17-9(7)19)18-11(20)13(2,3)4/h1-5H3,(H2,14,16,17,18,19,20). The van der Waals surface area contributed by atoms with Gasteiger partial charge in [-0.1, -0.05) is 20.8 Å². The van der Waals surface area contributed by atoms with Crippen molar-refractivity contribution in [3.63, 3.8) is 0 Å². The van der Waals surface area contributed by atoms with E-state index < -0.39 is 11.0 Å². The van der Waals surface area contributed by atoms with Gasteiger partial charge in [0.05, 0.1) is 7.11 Å². The third-order valence-corrected chi connectivity index (χ3v) is 2.78. The van der Waals surface area contributed by atoms with E-state index in [4.69, 9.17) is 4.74 Å². The van der Waals surface area contributed by atoms with Crippen LogP contribution in [-0.4, -0.2) is 33.0 Å². The van der Waals surface area contributed by atoms with Crippen LogP contribution in [0.1, 0.15) is 26.5 Å². The molecule has 8 nitrogen and oxygen atoms in total. The van der Waals surface area contributed by atoms with Crippen molar-refractivity contribution in [3.8, 4) is 5.88 Å². The summed E-state index contributed by atoms with van der Waals surface area (Å²) in [5.41, 5.74) is -0.367. The lowest BCUT2D eigenvalue weighted by molar-refractivity contribution is -0.123. The molecular formula is C13H17N5O3. The highest BCUT2D eigenvalue weighted by Crippen LogP contribution is 2.17. The minimum Gasteiger partial charge on any atom is -0.480 e. The van der Waals surface area contributed by atoms with Crippen LogP contribution in [0.5, 0.6) is 5.88 Å². The Morgan fingerprint density at radius 3 is 2.48 bits per heavy atom. The van der Waals surface area contributed by atoms with E-state index in [1.165, 1.54) is 7.11 Å². The lowest BCUT2D eigenvalue weighted by Gasteiger charge is -2.16. The van der Waals surface area contributed by atoms with Crippen LogP contribution in [-0.2, 0) is 4.79 Å². The van der Waals surface area contributed by atoms with Crippen molar-refractivity contribution in [2.75, 3.05) is 12.4 Å².